The molecule has 5 aliphatic rings. The molecule has 11 rings (SSSR count). The summed E-state index contributed by atoms with van der Waals surface area (Å²) in [7, 11) is -4.00. The highest BCUT2D eigenvalue weighted by molar-refractivity contribution is 7.92. The van der Waals surface area contributed by atoms with Gasteiger partial charge in [-0.05, 0) is 227 Å². The van der Waals surface area contributed by atoms with Crippen LogP contribution in [0.1, 0.15) is 272 Å². The second-order valence-corrected chi connectivity index (χ2v) is 36.9. The van der Waals surface area contributed by atoms with Crippen LogP contribution in [0.2, 0.25) is 0 Å². The zero-order valence-electron chi connectivity index (χ0n) is 72.7. The Morgan fingerprint density at radius 3 is 1.68 bits per heavy atom. The molecule has 7 atom stereocenters. The number of nitrogens with one attached hydrogen (secondary N) is 4. The molecule has 0 aliphatic heterocycles. The van der Waals surface area contributed by atoms with Crippen molar-refractivity contribution in [2.24, 2.45) is 35.0 Å². The first-order chi connectivity index (χ1) is 56.0. The number of rotatable bonds is 36. The Labute approximate surface area is 701 Å². The average molecular weight is 1630 g/mol. The van der Waals surface area contributed by atoms with E-state index >= 15 is 0 Å². The van der Waals surface area contributed by atoms with E-state index in [2.05, 4.69) is 120 Å². The molecular formula is C97H144N8O11S. The van der Waals surface area contributed by atoms with Crippen LogP contribution in [-0.4, -0.2) is 135 Å². The van der Waals surface area contributed by atoms with Crippen molar-refractivity contribution in [3.63, 3.8) is 0 Å². The number of carboxylic acid groups (broad SMARTS) is 1. The fourth-order valence-corrected chi connectivity index (χ4v) is 18.7. The number of nitrogens with two attached hydrogens (primary N) is 3. The Kier molecular flexibility index (Phi) is 39.2. The third-order valence-corrected chi connectivity index (χ3v) is 24.8. The van der Waals surface area contributed by atoms with Crippen LogP contribution < -0.4 is 37.9 Å². The van der Waals surface area contributed by atoms with Crippen molar-refractivity contribution in [1.29, 1.82) is 0 Å². The summed E-state index contributed by atoms with van der Waals surface area (Å²) >= 11 is 0. The van der Waals surface area contributed by atoms with E-state index < -0.39 is 34.3 Å². The number of aryl methyl sites for hydroxylation is 3. The lowest BCUT2D eigenvalue weighted by Gasteiger charge is -2.33. The minimum absolute atomic E-state index is 0.0148. The first-order valence-corrected chi connectivity index (χ1v) is 45.7. The highest BCUT2D eigenvalue weighted by atomic mass is 32.2. The molecule has 3 fully saturated rings. The van der Waals surface area contributed by atoms with Crippen LogP contribution in [0.4, 0.5) is 5.69 Å². The highest BCUT2D eigenvalue weighted by Crippen LogP contribution is 2.36. The number of hydrogen-bond donors (Lipinski definition) is 8. The fourth-order valence-electron chi connectivity index (χ4n) is 17.4. The monoisotopic (exact) mass is 1630 g/mol. The predicted octanol–water partition coefficient (Wildman–Crippen LogP) is 17.8. The van der Waals surface area contributed by atoms with Gasteiger partial charge in [-0.15, -0.1) is 0 Å². The summed E-state index contributed by atoms with van der Waals surface area (Å²) in [6.45, 7) is 27.5. The summed E-state index contributed by atoms with van der Waals surface area (Å²) < 4.78 is 52.8. The molecule has 3 saturated carbocycles. The van der Waals surface area contributed by atoms with E-state index in [1.165, 1.54) is 130 Å². The molecule has 5 aliphatic carbocycles. The lowest BCUT2D eigenvalue weighted by atomic mass is 9.83. The van der Waals surface area contributed by atoms with Crippen LogP contribution >= 0.6 is 0 Å². The number of benzene rings is 6. The van der Waals surface area contributed by atoms with Crippen molar-refractivity contribution in [2.75, 3.05) is 31.0 Å². The summed E-state index contributed by atoms with van der Waals surface area (Å²) in [6.07, 6.45) is 29.8. The maximum Gasteiger partial charge on any atom is 0.338 e. The second kappa shape index (κ2) is 48.2. The van der Waals surface area contributed by atoms with Crippen molar-refractivity contribution in [1.82, 2.24) is 20.9 Å². The second-order valence-electron chi connectivity index (χ2n) is 35.2. The molecule has 0 heterocycles. The highest BCUT2D eigenvalue weighted by Gasteiger charge is 2.37. The predicted molar refractivity (Wildman–Crippen MR) is 476 cm³/mol. The zero-order chi connectivity index (χ0) is 84.6. The van der Waals surface area contributed by atoms with E-state index in [1.54, 1.807) is 30.3 Å². The van der Waals surface area contributed by atoms with Crippen molar-refractivity contribution < 1.29 is 51.6 Å². The maximum atomic E-state index is 13.4. The molecule has 117 heavy (non-hydrogen) atoms. The Morgan fingerprint density at radius 2 is 1.10 bits per heavy atom. The largest absolute Gasteiger partial charge is 0.478 e. The van der Waals surface area contributed by atoms with Crippen LogP contribution in [0.15, 0.2) is 138 Å². The van der Waals surface area contributed by atoms with Gasteiger partial charge in [-0.3, -0.25) is 24.0 Å². The smallest absolute Gasteiger partial charge is 0.338 e. The number of aromatic carboxylic acids is 1. The minimum atomic E-state index is -4.00. The summed E-state index contributed by atoms with van der Waals surface area (Å²) in [5, 5.41) is 21.7. The van der Waals surface area contributed by atoms with E-state index in [-0.39, 0.29) is 88.0 Å². The first-order valence-electron chi connectivity index (χ1n) is 44.2. The van der Waals surface area contributed by atoms with E-state index in [0.29, 0.717) is 49.4 Å². The van der Waals surface area contributed by atoms with Crippen LogP contribution in [0.5, 0.6) is 0 Å². The van der Waals surface area contributed by atoms with Gasteiger partial charge >= 0.3 is 5.97 Å². The van der Waals surface area contributed by atoms with Crippen molar-refractivity contribution in [3.05, 3.63) is 184 Å². The third kappa shape index (κ3) is 31.3. The molecule has 19 nitrogen and oxygen atoms in total. The summed E-state index contributed by atoms with van der Waals surface area (Å²) in [6, 6.07) is 40.7. The quantitative estimate of drug-likeness (QED) is 0.0181. The minimum Gasteiger partial charge on any atom is -0.478 e. The van der Waals surface area contributed by atoms with Gasteiger partial charge in [0.05, 0.1) is 53.2 Å². The molecular weight excluding hydrogens is 1490 g/mol. The number of likely N-dealkylation sites (N-methyl/N-ethyl adjacent to an activating group) is 1. The number of hydrogen-bond acceptors (Lipinski definition) is 14. The Hall–Kier alpha value is -7.37. The van der Waals surface area contributed by atoms with Crippen molar-refractivity contribution >= 4 is 56.2 Å². The Morgan fingerprint density at radius 1 is 0.573 bits per heavy atom. The van der Waals surface area contributed by atoms with Crippen LogP contribution in [0.3, 0.4) is 0 Å². The number of carbonyl (C=O) groups excluding carboxylic acids is 3. The fraction of sp³-hybridized carbons (Fsp3) is 0.588. The molecule has 0 aromatic heterocycles. The van der Waals surface area contributed by atoms with Crippen LogP contribution in [0.25, 0.3) is 16.8 Å². The Bertz CT molecular complexity index is 4160. The molecule has 0 radical (unpaired) electrons. The summed E-state index contributed by atoms with van der Waals surface area (Å²) in [5.74, 6) is 0.513. The molecule has 11 N–H and O–H groups in total. The van der Waals surface area contributed by atoms with Crippen LogP contribution in [0, 0.1) is 24.7 Å². The molecule has 644 valence electrons. The number of carbonyl (C=O) groups is 4. The third-order valence-electron chi connectivity index (χ3n) is 23.4. The molecule has 0 spiro atoms. The topological polar surface area (TPSA) is 289 Å². The summed E-state index contributed by atoms with van der Waals surface area (Å²) in [5.41, 5.74) is 27.7. The van der Waals surface area contributed by atoms with Gasteiger partial charge in [-0.1, -0.05) is 236 Å². The van der Waals surface area contributed by atoms with Gasteiger partial charge in [0.25, 0.3) is 27.7 Å². The lowest BCUT2D eigenvalue weighted by molar-refractivity contribution is -0.139. The number of anilines is 1. The SMILES string of the molecule is CC(C)OC(C(=O)NC1CCc2ccccc21)[C@H](N)CC1CCCCC1.CC(C)OC(C(=O)NCc1cccc2ccccc12)[C@H](N)CC1CCCCC1.CCN(C/C=C\c1ccccc1S(=O)(=O)Nc1ccc2c(c1C(=O)O)CCCC2)CCOC(C)C.Cc1ccc(CC(C)(C)NC(=O)C(OC(C)C)[C@H](N)CC2CCCCC2)cc1. The van der Waals surface area contributed by atoms with E-state index in [4.69, 9.17) is 36.1 Å². The van der Waals surface area contributed by atoms with Gasteiger partial charge < -0.3 is 57.2 Å². The van der Waals surface area contributed by atoms with Gasteiger partial charge in [0.1, 0.15) is 0 Å². The average Bonchev–Trinajstić information content (AvgIpc) is 1.40. The van der Waals surface area contributed by atoms with Gasteiger partial charge in [0.15, 0.2) is 18.3 Å². The number of amides is 3. The number of nitrogens with zero attached hydrogens (tertiary/aromatic N) is 1. The molecule has 3 amide bonds. The maximum absolute atomic E-state index is 13.4. The normalized spacial score (nSPS) is 17.8. The standard InChI is InChI=1S/C27H36N2O5S.C24H34N2O2.C24H40N2O2.C22H34N2O2/c1-4-29(18-19-34-20(2)3)17-9-12-22-11-6-8-14-25(22)35(32,33)28-24-16-15-21-10-5-7-13-23(21)26(24)27(30)31;1-17(2)28-23(22(25)15-18-9-4-3-5-10-18)24(27)26-16-20-13-8-12-19-11-6-7-14-21(19)20;1-17(2)28-22(21(25)15-19-9-7-6-8-10-19)23(27)26-24(4,5)16-20-13-11-18(3)12-14-20;1-15(2)26-21(19(23)14-16-8-4-3-5-9-16)22(25)24-20-13-12-17-10-6-7-11-18(17)20/h6,8-9,11-12,14-16,20,28H,4-5,7,10,13,17-19H2,1-3H3,(H,30,31);6-8,11-14,17-18,22-23H,3-5,9-10,15-16,25H2,1-2H3,(H,26,27);11-14,17,19,21-22H,6-10,15-16,25H2,1-5H3,(H,26,27);6-7,10-11,15-16,19-21H,3-5,8-9,12-14,23H2,1-2H3,(H,24,25)/b12-9-;;;/t;22-,23?;21-,22?;19-,20?,21?/m.111/s1. The van der Waals surface area contributed by atoms with E-state index in [9.17, 15) is 32.7 Å². The lowest BCUT2D eigenvalue weighted by Crippen LogP contribution is -2.55. The van der Waals surface area contributed by atoms with Crippen LogP contribution in [-0.2, 0) is 75.6 Å². The number of sulfonamides is 1. The molecule has 20 heteroatoms. The zero-order valence-corrected chi connectivity index (χ0v) is 73.5. The van der Waals surface area contributed by atoms with Gasteiger partial charge in [-0.25, -0.2) is 13.2 Å². The van der Waals surface area contributed by atoms with Gasteiger partial charge in [0.2, 0.25) is 0 Å². The number of ether oxygens (including phenoxy) is 4. The Balaban J connectivity index is 0.000000196. The summed E-state index contributed by atoms with van der Waals surface area (Å²) in [4.78, 5) is 53.5. The number of carboxylic acids is 1. The first kappa shape index (κ1) is 95.1. The van der Waals surface area contributed by atoms with Gasteiger partial charge in [-0.2, -0.15) is 0 Å². The van der Waals surface area contributed by atoms with Gasteiger partial charge in [0, 0.05) is 43.3 Å². The molecule has 4 unspecified atom stereocenters. The van der Waals surface area contributed by atoms with Crippen molar-refractivity contribution in [2.45, 2.75) is 327 Å². The number of fused-ring (bicyclic) bond motifs is 3. The molecule has 6 aromatic rings. The van der Waals surface area contributed by atoms with E-state index in [0.717, 1.165) is 93.0 Å². The molecule has 0 saturated heterocycles. The van der Waals surface area contributed by atoms with Crippen molar-refractivity contribution in [3.8, 4) is 0 Å². The van der Waals surface area contributed by atoms with E-state index in [1.807, 2.05) is 91.8 Å². The molecule has 0 bridgehead atoms. The molecule has 6 aromatic carbocycles.